The van der Waals surface area contributed by atoms with Crippen LogP contribution in [0.3, 0.4) is 0 Å². The fourth-order valence-electron chi connectivity index (χ4n) is 4.71. The summed E-state index contributed by atoms with van der Waals surface area (Å²) in [7, 11) is 3.82. The number of H-pyrrole nitrogens is 1. The van der Waals surface area contributed by atoms with Crippen molar-refractivity contribution < 1.29 is 9.53 Å². The quantitative estimate of drug-likeness (QED) is 0.669. The Hall–Kier alpha value is -3.32. The number of hydrogen-bond donors (Lipinski definition) is 1. The minimum Gasteiger partial charge on any atom is -0.497 e. The summed E-state index contributed by atoms with van der Waals surface area (Å²) < 4.78 is 5.40. The Balaban J connectivity index is 1.53. The summed E-state index contributed by atoms with van der Waals surface area (Å²) >= 11 is 0. The van der Waals surface area contributed by atoms with Crippen molar-refractivity contribution in [1.29, 1.82) is 0 Å². The van der Waals surface area contributed by atoms with E-state index in [1.807, 2.05) is 41.6 Å². The minimum atomic E-state index is -0.0530. The fraction of sp³-hybridized carbons (Fsp3) is 0.360. The molecule has 0 aliphatic carbocycles. The Morgan fingerprint density at radius 1 is 1.09 bits per heavy atom. The number of carbonyl (C=O) groups is 1. The lowest BCUT2D eigenvalue weighted by atomic mass is 9.99. The Morgan fingerprint density at radius 2 is 1.91 bits per heavy atom. The van der Waals surface area contributed by atoms with Crippen LogP contribution >= 0.6 is 0 Å². The molecule has 3 aromatic rings. The van der Waals surface area contributed by atoms with Crippen LogP contribution in [0.25, 0.3) is 11.1 Å². The second-order valence-corrected chi connectivity index (χ2v) is 8.68. The topological polar surface area (TPSA) is 64.7 Å². The summed E-state index contributed by atoms with van der Waals surface area (Å²) in [6.07, 6.45) is 3.69. The van der Waals surface area contributed by atoms with E-state index in [2.05, 4.69) is 46.1 Å². The molecule has 0 spiro atoms. The van der Waals surface area contributed by atoms with Crippen molar-refractivity contribution in [3.63, 3.8) is 0 Å². The molecule has 166 valence electrons. The molecule has 32 heavy (non-hydrogen) atoms. The van der Waals surface area contributed by atoms with Gasteiger partial charge in [-0.1, -0.05) is 12.1 Å². The lowest BCUT2D eigenvalue weighted by Gasteiger charge is -2.35. The van der Waals surface area contributed by atoms with E-state index in [4.69, 9.17) is 4.74 Å². The molecule has 0 saturated carbocycles. The molecule has 5 rings (SSSR count). The van der Waals surface area contributed by atoms with Gasteiger partial charge in [0.05, 0.1) is 19.3 Å². The number of benzene rings is 2. The smallest absolute Gasteiger partial charge is 0.255 e. The van der Waals surface area contributed by atoms with Gasteiger partial charge in [-0.25, -0.2) is 0 Å². The molecule has 1 N–H and O–H groups in total. The van der Waals surface area contributed by atoms with Crippen LogP contribution in [0, 0.1) is 0 Å². The van der Waals surface area contributed by atoms with Crippen LogP contribution in [0.5, 0.6) is 5.75 Å². The number of aromatic nitrogens is 2. The number of ether oxygens (including phenoxy) is 1. The number of nitrogens with zero attached hydrogens (tertiary/aromatic N) is 4. The monoisotopic (exact) mass is 431 g/mol. The van der Waals surface area contributed by atoms with Crippen molar-refractivity contribution >= 4 is 11.6 Å². The molecule has 2 aliphatic rings. The zero-order chi connectivity index (χ0) is 22.2. The number of hydrogen-bond acceptors (Lipinski definition) is 5. The molecule has 7 nitrogen and oxygen atoms in total. The van der Waals surface area contributed by atoms with Gasteiger partial charge in [0.25, 0.3) is 5.91 Å². The van der Waals surface area contributed by atoms with Crippen molar-refractivity contribution in [2.45, 2.75) is 19.5 Å². The molecule has 1 fully saturated rings. The van der Waals surface area contributed by atoms with Crippen molar-refractivity contribution in [2.24, 2.45) is 0 Å². The third-order valence-electron chi connectivity index (χ3n) is 6.77. The maximum atomic E-state index is 13.6. The van der Waals surface area contributed by atoms with E-state index in [1.54, 1.807) is 7.11 Å². The van der Waals surface area contributed by atoms with Gasteiger partial charge >= 0.3 is 0 Å². The first-order valence-electron chi connectivity index (χ1n) is 11.1. The molecule has 0 radical (unpaired) electrons. The SMILES string of the molecule is COc1cccc([C@@H](C)N2Cc3c(cc(-c4cn[nH]c4)cc3N3CCN(C)CC3)C2=O)c1. The van der Waals surface area contributed by atoms with Crippen LogP contribution in [0.1, 0.15) is 34.5 Å². The molecule has 3 heterocycles. The van der Waals surface area contributed by atoms with Gasteiger partial charge in [0.2, 0.25) is 0 Å². The summed E-state index contributed by atoms with van der Waals surface area (Å²) in [6.45, 7) is 6.64. The molecule has 1 amide bonds. The predicted molar refractivity (Wildman–Crippen MR) is 125 cm³/mol. The highest BCUT2D eigenvalue weighted by atomic mass is 16.5. The van der Waals surface area contributed by atoms with Gasteiger partial charge in [0.1, 0.15) is 5.75 Å². The zero-order valence-electron chi connectivity index (χ0n) is 18.8. The molecule has 1 atom stereocenters. The van der Waals surface area contributed by atoms with Gasteiger partial charge in [-0.05, 0) is 49.4 Å². The highest BCUT2D eigenvalue weighted by Crippen LogP contribution is 2.40. The fourth-order valence-corrected chi connectivity index (χ4v) is 4.71. The number of piperazine rings is 1. The predicted octanol–water partition coefficient (Wildman–Crippen LogP) is 3.55. The van der Waals surface area contributed by atoms with Crippen LogP contribution in [-0.4, -0.2) is 66.2 Å². The standard InChI is InChI=1S/C25H29N5O2/c1-17(18-5-4-6-21(11-18)32-3)30-16-23-22(25(30)31)12-19(20-14-26-27-15-20)13-24(23)29-9-7-28(2)8-10-29/h4-6,11-15,17H,7-10,16H2,1-3H3,(H,26,27)/t17-/m1/s1. The number of methoxy groups -OCH3 is 1. The molecule has 2 aromatic carbocycles. The highest BCUT2D eigenvalue weighted by Gasteiger charge is 2.35. The number of nitrogens with one attached hydrogen (secondary N) is 1. The van der Waals surface area contributed by atoms with E-state index >= 15 is 0 Å². The maximum Gasteiger partial charge on any atom is 0.255 e. The van der Waals surface area contributed by atoms with Crippen LogP contribution in [0.4, 0.5) is 5.69 Å². The number of anilines is 1. The first-order valence-corrected chi connectivity index (χ1v) is 11.1. The maximum absolute atomic E-state index is 13.6. The summed E-state index contributed by atoms with van der Waals surface area (Å²) in [6, 6.07) is 12.2. The van der Waals surface area contributed by atoms with Crippen molar-refractivity contribution in [3.05, 3.63) is 65.5 Å². The molecule has 0 bridgehead atoms. The molecule has 2 aliphatic heterocycles. The second kappa shape index (κ2) is 8.31. The largest absolute Gasteiger partial charge is 0.497 e. The van der Waals surface area contributed by atoms with Gasteiger partial charge < -0.3 is 19.4 Å². The zero-order valence-corrected chi connectivity index (χ0v) is 18.8. The third-order valence-corrected chi connectivity index (χ3v) is 6.77. The Bertz CT molecular complexity index is 1120. The van der Waals surface area contributed by atoms with E-state index in [-0.39, 0.29) is 11.9 Å². The summed E-state index contributed by atoms with van der Waals surface area (Å²) in [5, 5.41) is 7.00. The van der Waals surface area contributed by atoms with Crippen LogP contribution in [0.15, 0.2) is 48.8 Å². The second-order valence-electron chi connectivity index (χ2n) is 8.68. The lowest BCUT2D eigenvalue weighted by molar-refractivity contribution is 0.0715. The molecule has 0 unspecified atom stereocenters. The third kappa shape index (κ3) is 3.62. The van der Waals surface area contributed by atoms with Gasteiger partial charge in [-0.15, -0.1) is 0 Å². The summed E-state index contributed by atoms with van der Waals surface area (Å²) in [4.78, 5) is 20.4. The normalized spacial score (nSPS) is 17.5. The van der Waals surface area contributed by atoms with Gasteiger partial charge in [0.15, 0.2) is 0 Å². The number of aromatic amines is 1. The number of carbonyl (C=O) groups excluding carboxylic acids is 1. The summed E-state index contributed by atoms with van der Waals surface area (Å²) in [5.74, 6) is 0.884. The van der Waals surface area contributed by atoms with E-state index in [1.165, 1.54) is 5.69 Å². The molecular formula is C25H29N5O2. The van der Waals surface area contributed by atoms with Gasteiger partial charge in [-0.3, -0.25) is 9.89 Å². The Kier molecular flexibility index (Phi) is 5.35. The number of fused-ring (bicyclic) bond motifs is 1. The van der Waals surface area contributed by atoms with Gasteiger partial charge in [-0.2, -0.15) is 5.10 Å². The van der Waals surface area contributed by atoms with Crippen LogP contribution in [0.2, 0.25) is 0 Å². The minimum absolute atomic E-state index is 0.0530. The number of amides is 1. The summed E-state index contributed by atoms with van der Waals surface area (Å²) in [5.41, 5.74) is 6.18. The highest BCUT2D eigenvalue weighted by molar-refractivity contribution is 6.02. The van der Waals surface area contributed by atoms with E-state index < -0.39 is 0 Å². The van der Waals surface area contributed by atoms with Crippen LogP contribution < -0.4 is 9.64 Å². The van der Waals surface area contributed by atoms with E-state index in [9.17, 15) is 4.79 Å². The van der Waals surface area contributed by atoms with E-state index in [0.717, 1.165) is 59.7 Å². The molecule has 1 saturated heterocycles. The van der Waals surface area contributed by atoms with Gasteiger partial charge in [0, 0.05) is 61.3 Å². The van der Waals surface area contributed by atoms with Crippen molar-refractivity contribution in [3.8, 4) is 16.9 Å². The molecular weight excluding hydrogens is 402 g/mol. The van der Waals surface area contributed by atoms with Crippen LogP contribution in [-0.2, 0) is 6.54 Å². The average Bonchev–Trinajstić information content (AvgIpc) is 3.47. The Morgan fingerprint density at radius 3 is 2.62 bits per heavy atom. The first kappa shape index (κ1) is 20.6. The lowest BCUT2D eigenvalue weighted by Crippen LogP contribution is -2.44. The first-order chi connectivity index (χ1) is 15.5. The average molecular weight is 432 g/mol. The van der Waals surface area contributed by atoms with Crippen molar-refractivity contribution in [2.75, 3.05) is 45.2 Å². The Labute approximate surface area is 188 Å². The van der Waals surface area contributed by atoms with E-state index in [0.29, 0.717) is 6.54 Å². The number of rotatable bonds is 5. The van der Waals surface area contributed by atoms with Crippen molar-refractivity contribution in [1.82, 2.24) is 20.0 Å². The molecule has 1 aromatic heterocycles. The number of likely N-dealkylation sites (N-methyl/N-ethyl adjacent to an activating group) is 1. The molecule has 7 heteroatoms.